The van der Waals surface area contributed by atoms with E-state index in [2.05, 4.69) is 25.6 Å². The van der Waals surface area contributed by atoms with Gasteiger partial charge >= 0.3 is 5.97 Å². The predicted molar refractivity (Wildman–Crippen MR) is 65.5 cm³/mol. The van der Waals surface area contributed by atoms with E-state index in [1.54, 1.807) is 6.08 Å². The summed E-state index contributed by atoms with van der Waals surface area (Å²) in [5.74, 6) is -0.199. The normalized spacial score (nSPS) is 9.94. The summed E-state index contributed by atoms with van der Waals surface area (Å²) < 4.78 is 4.98. The quantitative estimate of drug-likeness (QED) is 0.573. The van der Waals surface area contributed by atoms with Crippen LogP contribution in [0.5, 0.6) is 0 Å². The van der Waals surface area contributed by atoms with Gasteiger partial charge in [-0.25, -0.2) is 0 Å². The molecular formula is C14H18O2. The van der Waals surface area contributed by atoms with Gasteiger partial charge in [0, 0.05) is 0 Å². The van der Waals surface area contributed by atoms with E-state index in [1.807, 2.05) is 13.8 Å². The third-order valence-corrected chi connectivity index (χ3v) is 2.52. The highest BCUT2D eigenvalue weighted by Crippen LogP contribution is 2.17. The van der Waals surface area contributed by atoms with Gasteiger partial charge in [-0.1, -0.05) is 30.4 Å². The minimum Gasteiger partial charge on any atom is -0.461 e. The van der Waals surface area contributed by atoms with E-state index in [4.69, 9.17) is 4.74 Å². The topological polar surface area (TPSA) is 26.3 Å². The predicted octanol–water partition coefficient (Wildman–Crippen LogP) is 2.88. The fraction of sp³-hybridized carbons (Fsp3) is 0.357. The van der Waals surface area contributed by atoms with Crippen molar-refractivity contribution in [2.75, 3.05) is 6.61 Å². The Morgan fingerprint density at radius 3 is 2.38 bits per heavy atom. The van der Waals surface area contributed by atoms with Crippen molar-refractivity contribution in [3.8, 4) is 0 Å². The molecule has 0 aromatic heterocycles. The number of carbonyl (C=O) groups is 1. The van der Waals surface area contributed by atoms with Gasteiger partial charge in [0.2, 0.25) is 0 Å². The summed E-state index contributed by atoms with van der Waals surface area (Å²) in [6, 6.07) is 4.17. The Labute approximate surface area is 96.9 Å². The Morgan fingerprint density at radius 1 is 1.31 bits per heavy atom. The van der Waals surface area contributed by atoms with Crippen LogP contribution < -0.4 is 0 Å². The highest BCUT2D eigenvalue weighted by Gasteiger charge is 2.09. The third-order valence-electron chi connectivity index (χ3n) is 2.52. The van der Waals surface area contributed by atoms with E-state index >= 15 is 0 Å². The lowest BCUT2D eigenvalue weighted by atomic mass is 9.97. The first-order valence-corrected chi connectivity index (χ1v) is 5.38. The molecule has 0 saturated heterocycles. The van der Waals surface area contributed by atoms with Gasteiger partial charge in [0.1, 0.15) is 6.61 Å². The average molecular weight is 218 g/mol. The van der Waals surface area contributed by atoms with E-state index < -0.39 is 0 Å². The maximum atomic E-state index is 11.5. The Balaban J connectivity index is 2.81. The highest BCUT2D eigenvalue weighted by molar-refractivity contribution is 5.73. The number of hydrogen-bond acceptors (Lipinski definition) is 2. The lowest BCUT2D eigenvalue weighted by molar-refractivity contribution is -0.141. The second kappa shape index (κ2) is 5.50. The van der Waals surface area contributed by atoms with E-state index in [9.17, 15) is 4.79 Å². The molecule has 0 saturated carbocycles. The molecule has 0 aliphatic carbocycles. The van der Waals surface area contributed by atoms with Crippen LogP contribution >= 0.6 is 0 Å². The fourth-order valence-electron chi connectivity index (χ4n) is 1.84. The maximum Gasteiger partial charge on any atom is 0.310 e. The second-order valence-corrected chi connectivity index (χ2v) is 4.03. The molecule has 2 heteroatoms. The van der Waals surface area contributed by atoms with Crippen LogP contribution in [0.1, 0.15) is 22.3 Å². The fourth-order valence-corrected chi connectivity index (χ4v) is 1.84. The molecule has 0 bridgehead atoms. The van der Waals surface area contributed by atoms with Crippen molar-refractivity contribution in [1.29, 1.82) is 0 Å². The molecule has 0 radical (unpaired) electrons. The molecule has 0 spiro atoms. The van der Waals surface area contributed by atoms with E-state index in [1.165, 1.54) is 5.56 Å². The SMILES string of the molecule is C=CCOC(=O)Cc1c(C)cc(C)cc1C. The van der Waals surface area contributed by atoms with E-state index in [0.717, 1.165) is 16.7 Å². The third kappa shape index (κ3) is 3.23. The summed E-state index contributed by atoms with van der Waals surface area (Å²) in [7, 11) is 0. The molecule has 0 heterocycles. The van der Waals surface area contributed by atoms with Crippen LogP contribution in [0.3, 0.4) is 0 Å². The number of aryl methyl sites for hydroxylation is 3. The van der Waals surface area contributed by atoms with Gasteiger partial charge in [-0.2, -0.15) is 0 Å². The van der Waals surface area contributed by atoms with Crippen molar-refractivity contribution in [2.45, 2.75) is 27.2 Å². The number of hydrogen-bond donors (Lipinski definition) is 0. The largest absolute Gasteiger partial charge is 0.461 e. The monoisotopic (exact) mass is 218 g/mol. The first-order valence-electron chi connectivity index (χ1n) is 5.38. The van der Waals surface area contributed by atoms with E-state index in [0.29, 0.717) is 6.42 Å². The Hall–Kier alpha value is -1.57. The van der Waals surface area contributed by atoms with Crippen molar-refractivity contribution in [3.05, 3.63) is 47.0 Å². The lowest BCUT2D eigenvalue weighted by Gasteiger charge is -2.10. The zero-order valence-corrected chi connectivity index (χ0v) is 10.2. The smallest absolute Gasteiger partial charge is 0.310 e. The average Bonchev–Trinajstić information content (AvgIpc) is 2.20. The van der Waals surface area contributed by atoms with Gasteiger partial charge in [-0.05, 0) is 37.5 Å². The molecular weight excluding hydrogens is 200 g/mol. The Bertz CT molecular complexity index is 382. The van der Waals surface area contributed by atoms with E-state index in [-0.39, 0.29) is 12.6 Å². The van der Waals surface area contributed by atoms with Crippen molar-refractivity contribution < 1.29 is 9.53 Å². The van der Waals surface area contributed by atoms with Crippen LogP contribution in [0.2, 0.25) is 0 Å². The number of esters is 1. The molecule has 1 rings (SSSR count). The summed E-state index contributed by atoms with van der Waals surface area (Å²) in [5.41, 5.74) is 4.58. The molecule has 86 valence electrons. The molecule has 0 unspecified atom stereocenters. The first-order chi connectivity index (χ1) is 7.54. The molecule has 0 aliphatic rings. The van der Waals surface area contributed by atoms with Gasteiger partial charge in [-0.3, -0.25) is 4.79 Å². The van der Waals surface area contributed by atoms with Gasteiger partial charge in [0.05, 0.1) is 6.42 Å². The van der Waals surface area contributed by atoms with Crippen LogP contribution in [0.4, 0.5) is 0 Å². The summed E-state index contributed by atoms with van der Waals surface area (Å²) in [6.07, 6.45) is 1.92. The molecule has 1 aromatic carbocycles. The summed E-state index contributed by atoms with van der Waals surface area (Å²) in [5, 5.41) is 0. The van der Waals surface area contributed by atoms with Crippen molar-refractivity contribution in [3.63, 3.8) is 0 Å². The van der Waals surface area contributed by atoms with Crippen LogP contribution in [-0.2, 0) is 16.0 Å². The standard InChI is InChI=1S/C14H18O2/c1-5-6-16-14(15)9-13-11(3)7-10(2)8-12(13)4/h5,7-8H,1,6,9H2,2-4H3. The van der Waals surface area contributed by atoms with Crippen LogP contribution in [0, 0.1) is 20.8 Å². The minimum absolute atomic E-state index is 0.199. The second-order valence-electron chi connectivity index (χ2n) is 4.03. The molecule has 0 N–H and O–H groups in total. The summed E-state index contributed by atoms with van der Waals surface area (Å²) in [4.78, 5) is 11.5. The maximum absolute atomic E-state index is 11.5. The lowest BCUT2D eigenvalue weighted by Crippen LogP contribution is -2.10. The van der Waals surface area contributed by atoms with Gasteiger partial charge in [-0.15, -0.1) is 0 Å². The first kappa shape index (κ1) is 12.5. The van der Waals surface area contributed by atoms with Gasteiger partial charge in [0.25, 0.3) is 0 Å². The Morgan fingerprint density at radius 2 is 1.88 bits per heavy atom. The van der Waals surface area contributed by atoms with Crippen molar-refractivity contribution in [2.24, 2.45) is 0 Å². The van der Waals surface area contributed by atoms with Crippen LogP contribution in [0.25, 0.3) is 0 Å². The zero-order valence-electron chi connectivity index (χ0n) is 10.2. The van der Waals surface area contributed by atoms with Crippen molar-refractivity contribution >= 4 is 5.97 Å². The zero-order chi connectivity index (χ0) is 12.1. The van der Waals surface area contributed by atoms with Crippen molar-refractivity contribution in [1.82, 2.24) is 0 Å². The number of carbonyl (C=O) groups excluding carboxylic acids is 1. The molecule has 1 aromatic rings. The van der Waals surface area contributed by atoms with Gasteiger partial charge < -0.3 is 4.74 Å². The Kier molecular flexibility index (Phi) is 4.29. The van der Waals surface area contributed by atoms with Crippen LogP contribution in [0.15, 0.2) is 24.8 Å². The molecule has 0 atom stereocenters. The minimum atomic E-state index is -0.199. The highest BCUT2D eigenvalue weighted by atomic mass is 16.5. The summed E-state index contributed by atoms with van der Waals surface area (Å²) in [6.45, 7) is 9.89. The molecule has 0 aliphatic heterocycles. The molecule has 2 nitrogen and oxygen atoms in total. The van der Waals surface area contributed by atoms with Crippen LogP contribution in [-0.4, -0.2) is 12.6 Å². The number of rotatable bonds is 4. The number of ether oxygens (including phenoxy) is 1. The van der Waals surface area contributed by atoms with Gasteiger partial charge in [0.15, 0.2) is 0 Å². The molecule has 0 amide bonds. The number of benzene rings is 1. The summed E-state index contributed by atoms with van der Waals surface area (Å²) >= 11 is 0. The molecule has 16 heavy (non-hydrogen) atoms. The molecule has 0 fully saturated rings.